The van der Waals surface area contributed by atoms with Gasteiger partial charge in [0.15, 0.2) is 0 Å². The van der Waals surface area contributed by atoms with Crippen LogP contribution < -0.4 is 10.9 Å². The zero-order chi connectivity index (χ0) is 20.6. The number of carbonyl (C=O) groups is 1. The molecule has 0 aliphatic carbocycles. The molecule has 1 aromatic heterocycles. The van der Waals surface area contributed by atoms with E-state index in [2.05, 4.69) is 11.4 Å². The number of aromatic nitrogens is 1. The molecule has 1 N–H and O–H groups in total. The molecule has 6 heteroatoms. The first-order valence-corrected chi connectivity index (χ1v) is 9.87. The van der Waals surface area contributed by atoms with Crippen molar-refractivity contribution >= 4 is 45.7 Å². The lowest BCUT2D eigenvalue weighted by molar-refractivity contribution is -0.119. The van der Waals surface area contributed by atoms with Crippen molar-refractivity contribution in [2.45, 2.75) is 40.2 Å². The summed E-state index contributed by atoms with van der Waals surface area (Å²) in [4.78, 5) is 25.9. The SMILES string of the molecule is CCC(C(=O)Nc1ccc(Cl)c(Cl)c1)n1c(=O)cc(C)c2cc(C)cc(C)c21. The highest BCUT2D eigenvalue weighted by atomic mass is 35.5. The molecule has 0 aliphatic heterocycles. The molecule has 0 radical (unpaired) electrons. The van der Waals surface area contributed by atoms with Gasteiger partial charge in [0.05, 0.1) is 15.6 Å². The number of pyridine rings is 1. The summed E-state index contributed by atoms with van der Waals surface area (Å²) in [5.41, 5.74) is 4.14. The first kappa shape index (κ1) is 20.4. The zero-order valence-electron chi connectivity index (χ0n) is 16.3. The van der Waals surface area contributed by atoms with Crippen LogP contribution in [0.4, 0.5) is 5.69 Å². The second-order valence-corrected chi connectivity index (χ2v) is 7.87. The number of aryl methyl sites for hydroxylation is 3. The van der Waals surface area contributed by atoms with Crippen LogP contribution in [0, 0.1) is 20.8 Å². The van der Waals surface area contributed by atoms with Gasteiger partial charge in [-0.1, -0.05) is 41.8 Å². The van der Waals surface area contributed by atoms with E-state index < -0.39 is 6.04 Å². The van der Waals surface area contributed by atoms with Crippen LogP contribution in [-0.4, -0.2) is 10.5 Å². The monoisotopic (exact) mass is 416 g/mol. The molecule has 1 heterocycles. The Morgan fingerprint density at radius 1 is 1.04 bits per heavy atom. The fraction of sp³-hybridized carbons (Fsp3) is 0.273. The number of halogens is 2. The molecule has 0 aliphatic rings. The Labute approximate surface area is 174 Å². The van der Waals surface area contributed by atoms with E-state index >= 15 is 0 Å². The molecule has 1 amide bonds. The summed E-state index contributed by atoms with van der Waals surface area (Å²) in [7, 11) is 0. The van der Waals surface area contributed by atoms with Gasteiger partial charge in [-0.25, -0.2) is 0 Å². The minimum absolute atomic E-state index is 0.187. The molecule has 1 unspecified atom stereocenters. The van der Waals surface area contributed by atoms with Gasteiger partial charge in [-0.15, -0.1) is 0 Å². The smallest absolute Gasteiger partial charge is 0.252 e. The summed E-state index contributed by atoms with van der Waals surface area (Å²) >= 11 is 12.0. The number of fused-ring (bicyclic) bond motifs is 1. The zero-order valence-corrected chi connectivity index (χ0v) is 17.8. The number of nitrogens with one attached hydrogen (secondary N) is 1. The number of benzene rings is 2. The molecule has 1 atom stereocenters. The third-order valence-corrected chi connectivity index (χ3v) is 5.62. The lowest BCUT2D eigenvalue weighted by Crippen LogP contribution is -2.33. The quantitative estimate of drug-likeness (QED) is 0.581. The third-order valence-electron chi connectivity index (χ3n) is 4.88. The summed E-state index contributed by atoms with van der Waals surface area (Å²) in [6.45, 7) is 7.80. The second kappa shape index (κ2) is 7.98. The number of amides is 1. The minimum atomic E-state index is -0.647. The van der Waals surface area contributed by atoms with Crippen molar-refractivity contribution < 1.29 is 4.79 Å². The Hall–Kier alpha value is -2.30. The lowest BCUT2D eigenvalue weighted by Gasteiger charge is -2.22. The van der Waals surface area contributed by atoms with Gasteiger partial charge in [0, 0.05) is 17.1 Å². The molecular formula is C22H22Cl2N2O2. The molecule has 0 spiro atoms. The van der Waals surface area contributed by atoms with E-state index in [9.17, 15) is 9.59 Å². The molecule has 3 aromatic rings. The van der Waals surface area contributed by atoms with Crippen LogP contribution in [0.3, 0.4) is 0 Å². The van der Waals surface area contributed by atoms with Crippen molar-refractivity contribution in [3.8, 4) is 0 Å². The molecule has 28 heavy (non-hydrogen) atoms. The average Bonchev–Trinajstić information content (AvgIpc) is 2.61. The molecule has 0 bridgehead atoms. The molecule has 146 valence electrons. The fourth-order valence-corrected chi connectivity index (χ4v) is 3.92. The highest BCUT2D eigenvalue weighted by Crippen LogP contribution is 2.28. The maximum absolute atomic E-state index is 13.1. The topological polar surface area (TPSA) is 51.1 Å². The number of rotatable bonds is 4. The summed E-state index contributed by atoms with van der Waals surface area (Å²) in [6, 6.07) is 9.93. The van der Waals surface area contributed by atoms with Gasteiger partial charge < -0.3 is 5.32 Å². The Morgan fingerprint density at radius 3 is 2.39 bits per heavy atom. The van der Waals surface area contributed by atoms with Gasteiger partial charge in [-0.05, 0) is 62.6 Å². The van der Waals surface area contributed by atoms with Gasteiger partial charge >= 0.3 is 0 Å². The second-order valence-electron chi connectivity index (χ2n) is 7.06. The molecule has 4 nitrogen and oxygen atoms in total. The van der Waals surface area contributed by atoms with Crippen molar-refractivity contribution in [2.24, 2.45) is 0 Å². The van der Waals surface area contributed by atoms with Crippen molar-refractivity contribution in [3.05, 3.63) is 73.5 Å². The van der Waals surface area contributed by atoms with E-state index in [1.54, 1.807) is 28.8 Å². The third kappa shape index (κ3) is 3.80. The van der Waals surface area contributed by atoms with Gasteiger partial charge in [-0.3, -0.25) is 14.2 Å². The number of hydrogen-bond acceptors (Lipinski definition) is 2. The lowest BCUT2D eigenvalue weighted by atomic mass is 10.0. The largest absolute Gasteiger partial charge is 0.324 e. The van der Waals surface area contributed by atoms with Crippen molar-refractivity contribution in [1.82, 2.24) is 4.57 Å². The van der Waals surface area contributed by atoms with Crippen LogP contribution in [0.1, 0.15) is 36.1 Å². The van der Waals surface area contributed by atoms with Crippen molar-refractivity contribution in [3.63, 3.8) is 0 Å². The van der Waals surface area contributed by atoms with Crippen molar-refractivity contribution in [1.29, 1.82) is 0 Å². The van der Waals surface area contributed by atoms with Crippen LogP contribution in [0.5, 0.6) is 0 Å². The van der Waals surface area contributed by atoms with Gasteiger partial charge in [-0.2, -0.15) is 0 Å². The first-order chi connectivity index (χ1) is 13.2. The van der Waals surface area contributed by atoms with Crippen LogP contribution in [0.15, 0.2) is 41.2 Å². The maximum Gasteiger partial charge on any atom is 0.252 e. The van der Waals surface area contributed by atoms with Gasteiger partial charge in [0.2, 0.25) is 5.91 Å². The summed E-state index contributed by atoms with van der Waals surface area (Å²) in [6.07, 6.45) is 0.471. The van der Waals surface area contributed by atoms with E-state index in [1.807, 2.05) is 33.8 Å². The number of carbonyl (C=O) groups excluding carboxylic acids is 1. The molecule has 0 fully saturated rings. The highest BCUT2D eigenvalue weighted by molar-refractivity contribution is 6.42. The van der Waals surface area contributed by atoms with Crippen LogP contribution in [0.25, 0.3) is 10.9 Å². The molecule has 2 aromatic carbocycles. The Kier molecular flexibility index (Phi) is 5.82. The van der Waals surface area contributed by atoms with E-state index in [1.165, 1.54) is 0 Å². The summed E-state index contributed by atoms with van der Waals surface area (Å²) < 4.78 is 1.60. The van der Waals surface area contributed by atoms with E-state index in [0.29, 0.717) is 22.2 Å². The number of hydrogen-bond donors (Lipinski definition) is 1. The maximum atomic E-state index is 13.1. The fourth-order valence-electron chi connectivity index (χ4n) is 3.62. The van der Waals surface area contributed by atoms with Gasteiger partial charge in [0.25, 0.3) is 5.56 Å². The standard InChI is InChI=1S/C22H22Cl2N2O2/c1-5-19(22(28)25-15-6-7-17(23)18(24)11-15)26-20(27)10-13(3)16-9-12(2)8-14(4)21(16)26/h6-11,19H,5H2,1-4H3,(H,25,28). The van der Waals surface area contributed by atoms with E-state index in [0.717, 1.165) is 27.6 Å². The molecule has 0 saturated heterocycles. The van der Waals surface area contributed by atoms with Gasteiger partial charge in [0.1, 0.15) is 6.04 Å². The predicted molar refractivity (Wildman–Crippen MR) is 117 cm³/mol. The molecule has 0 saturated carbocycles. The van der Waals surface area contributed by atoms with Crippen molar-refractivity contribution in [2.75, 3.05) is 5.32 Å². The Morgan fingerprint density at radius 2 is 1.75 bits per heavy atom. The Bertz CT molecular complexity index is 1140. The Balaban J connectivity index is 2.12. The number of anilines is 1. The first-order valence-electron chi connectivity index (χ1n) is 9.12. The minimum Gasteiger partial charge on any atom is -0.324 e. The van der Waals surface area contributed by atoms with Crippen LogP contribution in [-0.2, 0) is 4.79 Å². The molecule has 3 rings (SSSR count). The van der Waals surface area contributed by atoms with Crippen LogP contribution in [0.2, 0.25) is 10.0 Å². The van der Waals surface area contributed by atoms with Crippen LogP contribution >= 0.6 is 23.2 Å². The summed E-state index contributed by atoms with van der Waals surface area (Å²) in [5.74, 6) is -0.270. The predicted octanol–water partition coefficient (Wildman–Crippen LogP) is 5.82. The van der Waals surface area contributed by atoms with E-state index in [-0.39, 0.29) is 11.5 Å². The normalized spacial score (nSPS) is 12.2. The summed E-state index contributed by atoms with van der Waals surface area (Å²) in [5, 5.41) is 4.61. The molecular weight excluding hydrogens is 395 g/mol. The number of nitrogens with zero attached hydrogens (tertiary/aromatic N) is 1. The average molecular weight is 417 g/mol. The van der Waals surface area contributed by atoms with E-state index in [4.69, 9.17) is 23.2 Å². The highest BCUT2D eigenvalue weighted by Gasteiger charge is 2.23.